The molecular formula is C10H7ClFN3O2. The highest BCUT2D eigenvalue weighted by molar-refractivity contribution is 6.30. The van der Waals surface area contributed by atoms with E-state index in [9.17, 15) is 9.18 Å². The molecule has 0 aliphatic heterocycles. The monoisotopic (exact) mass is 255 g/mol. The highest BCUT2D eigenvalue weighted by Gasteiger charge is 2.08. The smallest absolute Gasteiger partial charge is 0.340 e. The molecule has 0 N–H and O–H groups in total. The molecule has 0 saturated carbocycles. The van der Waals surface area contributed by atoms with Crippen LogP contribution in [0.4, 0.5) is 4.39 Å². The molecule has 0 saturated heterocycles. The van der Waals surface area contributed by atoms with Crippen molar-refractivity contribution in [3.63, 3.8) is 0 Å². The van der Waals surface area contributed by atoms with E-state index in [1.54, 1.807) is 0 Å². The van der Waals surface area contributed by atoms with Gasteiger partial charge in [-0.1, -0.05) is 22.8 Å². The lowest BCUT2D eigenvalue weighted by Gasteiger charge is -2.00. The van der Waals surface area contributed by atoms with Gasteiger partial charge in [-0.15, -0.1) is 0 Å². The van der Waals surface area contributed by atoms with Crippen molar-refractivity contribution in [3.05, 3.63) is 50.7 Å². The molecule has 7 heteroatoms. The molecule has 0 bridgehead atoms. The predicted octanol–water partition coefficient (Wildman–Crippen LogP) is 3.30. The molecule has 17 heavy (non-hydrogen) atoms. The van der Waals surface area contributed by atoms with E-state index in [1.807, 2.05) is 0 Å². The van der Waals surface area contributed by atoms with Gasteiger partial charge in [0.2, 0.25) is 0 Å². The van der Waals surface area contributed by atoms with Crippen LogP contribution in [0, 0.1) is 5.82 Å². The Morgan fingerprint density at radius 2 is 2.35 bits per heavy atom. The van der Waals surface area contributed by atoms with E-state index in [0.29, 0.717) is 5.56 Å². The summed E-state index contributed by atoms with van der Waals surface area (Å²) in [5.41, 5.74) is 8.34. The summed E-state index contributed by atoms with van der Waals surface area (Å²) in [5.74, 6) is -1.44. The zero-order chi connectivity index (χ0) is 12.8. The first-order chi connectivity index (χ1) is 8.08. The standard InChI is InChI=1S/C10H7ClFN3O2/c1-17-10(16)9(14-15-13)5-6-2-3-7(11)8(12)4-6/h2-5H,1H3/b9-5-. The maximum Gasteiger partial charge on any atom is 0.340 e. The molecule has 0 fully saturated rings. The molecule has 1 aromatic rings. The zero-order valence-electron chi connectivity index (χ0n) is 8.72. The minimum atomic E-state index is -0.807. The SMILES string of the molecule is COC(=O)/C(=C/c1ccc(Cl)c(F)c1)N=[N+]=[N-]. The second kappa shape index (κ2) is 5.89. The zero-order valence-corrected chi connectivity index (χ0v) is 9.48. The van der Waals surface area contributed by atoms with Crippen LogP contribution in [0.3, 0.4) is 0 Å². The van der Waals surface area contributed by atoms with Gasteiger partial charge in [-0.25, -0.2) is 9.18 Å². The number of azide groups is 1. The Morgan fingerprint density at radius 3 is 2.88 bits per heavy atom. The summed E-state index contributed by atoms with van der Waals surface area (Å²) in [7, 11) is 1.14. The number of halogens is 2. The predicted molar refractivity (Wildman–Crippen MR) is 60.5 cm³/mol. The Bertz CT molecular complexity index is 524. The van der Waals surface area contributed by atoms with E-state index < -0.39 is 11.8 Å². The number of hydrogen-bond donors (Lipinski definition) is 0. The van der Waals surface area contributed by atoms with E-state index in [2.05, 4.69) is 14.8 Å². The molecule has 88 valence electrons. The molecule has 1 aromatic carbocycles. The summed E-state index contributed by atoms with van der Waals surface area (Å²) < 4.78 is 17.5. The average Bonchev–Trinajstić information content (AvgIpc) is 2.32. The molecule has 0 aromatic heterocycles. The normalized spacial score (nSPS) is 10.6. The number of ether oxygens (including phenoxy) is 1. The number of methoxy groups -OCH3 is 1. The van der Waals surface area contributed by atoms with Crippen molar-refractivity contribution in [3.8, 4) is 0 Å². The van der Waals surface area contributed by atoms with Crippen LogP contribution in [0.15, 0.2) is 29.0 Å². The molecule has 0 aliphatic rings. The van der Waals surface area contributed by atoms with Crippen LogP contribution in [0.1, 0.15) is 5.56 Å². The van der Waals surface area contributed by atoms with Crippen molar-refractivity contribution in [1.82, 2.24) is 0 Å². The van der Waals surface area contributed by atoms with Gasteiger partial charge in [0.1, 0.15) is 11.5 Å². The van der Waals surface area contributed by atoms with E-state index in [4.69, 9.17) is 17.1 Å². The number of rotatable bonds is 3. The summed E-state index contributed by atoms with van der Waals surface area (Å²) in [5, 5.41) is 3.12. The Balaban J connectivity index is 3.17. The molecule has 1 rings (SSSR count). The molecule has 0 spiro atoms. The molecule has 0 radical (unpaired) electrons. The van der Waals surface area contributed by atoms with Crippen LogP contribution in [0.5, 0.6) is 0 Å². The lowest BCUT2D eigenvalue weighted by atomic mass is 10.2. The number of benzene rings is 1. The molecule has 0 heterocycles. The van der Waals surface area contributed by atoms with Crippen LogP contribution in [0.25, 0.3) is 16.5 Å². The third-order valence-electron chi connectivity index (χ3n) is 1.79. The Kier molecular flexibility index (Phi) is 4.51. The minimum absolute atomic E-state index is 0.0365. The second-order valence-corrected chi connectivity index (χ2v) is 3.29. The quantitative estimate of drug-likeness (QED) is 0.273. The lowest BCUT2D eigenvalue weighted by molar-refractivity contribution is -0.136. The Hall–Kier alpha value is -2.04. The van der Waals surface area contributed by atoms with Crippen molar-refractivity contribution in [2.75, 3.05) is 7.11 Å². The number of hydrogen-bond acceptors (Lipinski definition) is 3. The van der Waals surface area contributed by atoms with E-state index in [1.165, 1.54) is 18.2 Å². The van der Waals surface area contributed by atoms with Gasteiger partial charge in [0, 0.05) is 4.91 Å². The van der Waals surface area contributed by atoms with E-state index in [-0.39, 0.29) is 10.7 Å². The largest absolute Gasteiger partial charge is 0.466 e. The third-order valence-corrected chi connectivity index (χ3v) is 2.10. The Morgan fingerprint density at radius 1 is 1.65 bits per heavy atom. The molecule has 0 aliphatic carbocycles. The van der Waals surface area contributed by atoms with Crippen LogP contribution in [-0.4, -0.2) is 13.1 Å². The minimum Gasteiger partial charge on any atom is -0.466 e. The number of nitrogens with zero attached hydrogens (tertiary/aromatic N) is 3. The topological polar surface area (TPSA) is 75.1 Å². The molecular weight excluding hydrogens is 249 g/mol. The molecule has 5 nitrogen and oxygen atoms in total. The van der Waals surface area contributed by atoms with E-state index in [0.717, 1.165) is 13.2 Å². The van der Waals surface area contributed by atoms with Gasteiger partial charge in [-0.3, -0.25) is 0 Å². The van der Waals surface area contributed by atoms with Crippen LogP contribution in [-0.2, 0) is 9.53 Å². The first-order valence-electron chi connectivity index (χ1n) is 4.38. The average molecular weight is 256 g/mol. The van der Waals surface area contributed by atoms with Crippen LogP contribution in [0.2, 0.25) is 5.02 Å². The first kappa shape index (κ1) is 13.0. The van der Waals surface area contributed by atoms with E-state index >= 15 is 0 Å². The Labute approximate surface area is 101 Å². The fraction of sp³-hybridized carbons (Fsp3) is 0.100. The van der Waals surface area contributed by atoms with Gasteiger partial charge in [-0.05, 0) is 29.3 Å². The molecule has 0 atom stereocenters. The van der Waals surface area contributed by atoms with Gasteiger partial charge in [0.05, 0.1) is 12.1 Å². The number of carbonyl (C=O) groups is 1. The van der Waals surface area contributed by atoms with Crippen molar-refractivity contribution in [2.45, 2.75) is 0 Å². The third kappa shape index (κ3) is 3.48. The highest BCUT2D eigenvalue weighted by Crippen LogP contribution is 2.18. The van der Waals surface area contributed by atoms with Gasteiger partial charge in [-0.2, -0.15) is 0 Å². The van der Waals surface area contributed by atoms with Gasteiger partial charge in [0.15, 0.2) is 0 Å². The number of esters is 1. The lowest BCUT2D eigenvalue weighted by Crippen LogP contribution is -2.01. The van der Waals surface area contributed by atoms with Crippen molar-refractivity contribution < 1.29 is 13.9 Å². The summed E-state index contributed by atoms with van der Waals surface area (Å²) in [4.78, 5) is 13.7. The summed E-state index contributed by atoms with van der Waals surface area (Å²) in [6.07, 6.45) is 1.20. The summed E-state index contributed by atoms with van der Waals surface area (Å²) >= 11 is 5.50. The first-order valence-corrected chi connectivity index (χ1v) is 4.76. The van der Waals surface area contributed by atoms with Crippen LogP contribution < -0.4 is 0 Å². The number of carbonyl (C=O) groups excluding carboxylic acids is 1. The van der Waals surface area contributed by atoms with Gasteiger partial charge in [0.25, 0.3) is 0 Å². The van der Waals surface area contributed by atoms with Crippen molar-refractivity contribution >= 4 is 23.6 Å². The molecule has 0 unspecified atom stereocenters. The van der Waals surface area contributed by atoms with Crippen molar-refractivity contribution in [2.24, 2.45) is 5.11 Å². The highest BCUT2D eigenvalue weighted by atomic mass is 35.5. The summed E-state index contributed by atoms with van der Waals surface area (Å²) in [6.45, 7) is 0. The van der Waals surface area contributed by atoms with Crippen LogP contribution >= 0.6 is 11.6 Å². The second-order valence-electron chi connectivity index (χ2n) is 2.88. The fourth-order valence-electron chi connectivity index (χ4n) is 1.04. The molecule has 0 amide bonds. The maximum absolute atomic E-state index is 13.1. The van der Waals surface area contributed by atoms with Gasteiger partial charge >= 0.3 is 5.97 Å². The summed E-state index contributed by atoms with van der Waals surface area (Å²) in [6, 6.07) is 3.91. The van der Waals surface area contributed by atoms with Gasteiger partial charge < -0.3 is 4.74 Å². The van der Waals surface area contributed by atoms with Crippen molar-refractivity contribution in [1.29, 1.82) is 0 Å². The maximum atomic E-state index is 13.1. The fourth-order valence-corrected chi connectivity index (χ4v) is 1.16.